The standard InChI is InChI=1S/C27H25FN4O2/c28-22-6-8-23(9-7-22)32-24(21-10-14-29-15-11-21)19-30-25(32)27(18-20-4-2-1-3-5-20)12-16-31(17-13-27)26(33)34/h1-11,14-15,19H,12-13,16-18H2,(H,33,34). The van der Waals surface area contributed by atoms with E-state index < -0.39 is 6.09 Å². The SMILES string of the molecule is O=C(O)N1CCC(Cc2ccccc2)(c2ncc(-c3ccncc3)n2-c2ccc(F)cc2)CC1. The number of rotatable bonds is 5. The summed E-state index contributed by atoms with van der Waals surface area (Å²) in [5.41, 5.74) is 3.44. The highest BCUT2D eigenvalue weighted by Gasteiger charge is 2.41. The largest absolute Gasteiger partial charge is 0.465 e. The van der Waals surface area contributed by atoms with E-state index >= 15 is 0 Å². The normalized spacial score (nSPS) is 15.3. The molecule has 5 rings (SSSR count). The number of benzene rings is 2. The first-order valence-electron chi connectivity index (χ1n) is 11.3. The van der Waals surface area contributed by atoms with Crippen LogP contribution in [0.3, 0.4) is 0 Å². The molecule has 0 radical (unpaired) electrons. The van der Waals surface area contributed by atoms with Gasteiger partial charge in [0, 0.05) is 42.1 Å². The van der Waals surface area contributed by atoms with Crippen molar-refractivity contribution in [2.75, 3.05) is 13.1 Å². The molecule has 1 amide bonds. The Hall–Kier alpha value is -4.00. The van der Waals surface area contributed by atoms with E-state index in [0.29, 0.717) is 25.9 Å². The molecule has 172 valence electrons. The summed E-state index contributed by atoms with van der Waals surface area (Å²) in [7, 11) is 0. The van der Waals surface area contributed by atoms with E-state index in [2.05, 4.69) is 21.7 Å². The zero-order valence-electron chi connectivity index (χ0n) is 18.6. The minimum Gasteiger partial charge on any atom is -0.465 e. The fourth-order valence-electron chi connectivity index (χ4n) is 4.90. The number of hydrogen-bond donors (Lipinski definition) is 1. The molecule has 0 atom stereocenters. The molecule has 4 aromatic rings. The summed E-state index contributed by atoms with van der Waals surface area (Å²) >= 11 is 0. The number of nitrogens with zero attached hydrogens (tertiary/aromatic N) is 4. The monoisotopic (exact) mass is 456 g/mol. The van der Waals surface area contributed by atoms with Crippen LogP contribution in [0.2, 0.25) is 0 Å². The highest BCUT2D eigenvalue weighted by atomic mass is 19.1. The van der Waals surface area contributed by atoms with E-state index in [9.17, 15) is 14.3 Å². The first kappa shape index (κ1) is 21.8. The lowest BCUT2D eigenvalue weighted by Gasteiger charge is -2.41. The quantitative estimate of drug-likeness (QED) is 0.441. The third-order valence-electron chi connectivity index (χ3n) is 6.67. The fourth-order valence-corrected chi connectivity index (χ4v) is 4.90. The molecule has 0 bridgehead atoms. The summed E-state index contributed by atoms with van der Waals surface area (Å²) in [5, 5.41) is 9.54. The zero-order valence-corrected chi connectivity index (χ0v) is 18.6. The summed E-state index contributed by atoms with van der Waals surface area (Å²) in [6, 6.07) is 20.5. The van der Waals surface area contributed by atoms with E-state index in [1.54, 1.807) is 24.5 Å². The van der Waals surface area contributed by atoms with Crippen molar-refractivity contribution in [3.63, 3.8) is 0 Å². The van der Waals surface area contributed by atoms with E-state index in [-0.39, 0.29) is 11.2 Å². The molecular weight excluding hydrogens is 431 g/mol. The van der Waals surface area contributed by atoms with E-state index in [4.69, 9.17) is 4.98 Å². The molecule has 0 unspecified atom stereocenters. The van der Waals surface area contributed by atoms with Gasteiger partial charge in [-0.15, -0.1) is 0 Å². The maximum Gasteiger partial charge on any atom is 0.407 e. The molecule has 2 aromatic heterocycles. The minimum atomic E-state index is -0.896. The highest BCUT2D eigenvalue weighted by molar-refractivity contribution is 5.65. The molecule has 6 nitrogen and oxygen atoms in total. The van der Waals surface area contributed by atoms with E-state index in [0.717, 1.165) is 29.2 Å². The number of hydrogen-bond acceptors (Lipinski definition) is 3. The van der Waals surface area contributed by atoms with Crippen molar-refractivity contribution in [3.05, 3.63) is 103 Å². The smallest absolute Gasteiger partial charge is 0.407 e. The summed E-state index contributed by atoms with van der Waals surface area (Å²) in [6.07, 6.45) is 6.45. The first-order valence-corrected chi connectivity index (χ1v) is 11.3. The molecule has 1 saturated heterocycles. The third-order valence-corrected chi connectivity index (χ3v) is 6.67. The van der Waals surface area contributed by atoms with Crippen LogP contribution in [-0.2, 0) is 11.8 Å². The number of carboxylic acid groups (broad SMARTS) is 1. The van der Waals surface area contributed by atoms with Crippen LogP contribution in [0.4, 0.5) is 9.18 Å². The second kappa shape index (κ2) is 9.09. The number of aromatic nitrogens is 3. The molecule has 1 aliphatic rings. The molecule has 0 saturated carbocycles. The average molecular weight is 457 g/mol. The van der Waals surface area contributed by atoms with Crippen molar-refractivity contribution in [2.24, 2.45) is 0 Å². The van der Waals surface area contributed by atoms with Crippen LogP contribution in [-0.4, -0.2) is 43.7 Å². The summed E-state index contributed by atoms with van der Waals surface area (Å²) in [6.45, 7) is 0.867. The van der Waals surface area contributed by atoms with Crippen LogP contribution in [0, 0.1) is 5.82 Å². The Morgan fingerprint density at radius 1 is 0.971 bits per heavy atom. The number of halogens is 1. The van der Waals surface area contributed by atoms with Crippen molar-refractivity contribution in [3.8, 4) is 16.9 Å². The number of likely N-dealkylation sites (tertiary alicyclic amines) is 1. The summed E-state index contributed by atoms with van der Waals surface area (Å²) in [4.78, 5) is 22.2. The van der Waals surface area contributed by atoms with Gasteiger partial charge in [0.15, 0.2) is 0 Å². The van der Waals surface area contributed by atoms with Crippen LogP contribution < -0.4 is 0 Å². The predicted octanol–water partition coefficient (Wildman–Crippen LogP) is 5.33. The summed E-state index contributed by atoms with van der Waals surface area (Å²) in [5.74, 6) is 0.560. The Kier molecular flexibility index (Phi) is 5.84. The Balaban J connectivity index is 1.67. The minimum absolute atomic E-state index is 0.301. The molecule has 0 spiro atoms. The van der Waals surface area contributed by atoms with Crippen LogP contribution in [0.25, 0.3) is 16.9 Å². The second-order valence-corrected chi connectivity index (χ2v) is 8.73. The Morgan fingerprint density at radius 3 is 2.29 bits per heavy atom. The molecule has 2 aromatic carbocycles. The average Bonchev–Trinajstić information content (AvgIpc) is 3.32. The van der Waals surface area contributed by atoms with Crippen molar-refractivity contribution in [1.82, 2.24) is 19.4 Å². The van der Waals surface area contributed by atoms with Crippen molar-refractivity contribution in [1.29, 1.82) is 0 Å². The molecule has 1 N–H and O–H groups in total. The Labute approximate surface area is 197 Å². The van der Waals surface area contributed by atoms with Gasteiger partial charge in [-0.1, -0.05) is 30.3 Å². The molecule has 0 aliphatic carbocycles. The topological polar surface area (TPSA) is 71.2 Å². The maximum atomic E-state index is 13.8. The number of imidazole rings is 1. The van der Waals surface area contributed by atoms with Gasteiger partial charge in [-0.3, -0.25) is 9.55 Å². The lowest BCUT2D eigenvalue weighted by molar-refractivity contribution is 0.113. The predicted molar refractivity (Wildman–Crippen MR) is 127 cm³/mol. The molecule has 1 aliphatic heterocycles. The Morgan fingerprint density at radius 2 is 1.65 bits per heavy atom. The number of carbonyl (C=O) groups is 1. The van der Waals surface area contributed by atoms with Crippen molar-refractivity contribution < 1.29 is 14.3 Å². The summed E-state index contributed by atoms with van der Waals surface area (Å²) < 4.78 is 15.9. The lowest BCUT2D eigenvalue weighted by Crippen LogP contribution is -2.47. The van der Waals surface area contributed by atoms with Gasteiger partial charge >= 0.3 is 6.09 Å². The van der Waals surface area contributed by atoms with Crippen LogP contribution in [0.15, 0.2) is 85.3 Å². The second-order valence-electron chi connectivity index (χ2n) is 8.73. The number of piperidine rings is 1. The van der Waals surface area contributed by atoms with Gasteiger partial charge in [0.2, 0.25) is 0 Å². The van der Waals surface area contributed by atoms with Gasteiger partial charge in [0.25, 0.3) is 0 Å². The van der Waals surface area contributed by atoms with Crippen LogP contribution >= 0.6 is 0 Å². The van der Waals surface area contributed by atoms with Gasteiger partial charge in [-0.2, -0.15) is 0 Å². The Bertz CT molecular complexity index is 1270. The van der Waals surface area contributed by atoms with Gasteiger partial charge in [0.1, 0.15) is 11.6 Å². The third kappa shape index (κ3) is 4.17. The van der Waals surface area contributed by atoms with Gasteiger partial charge < -0.3 is 10.0 Å². The molecule has 7 heteroatoms. The number of pyridine rings is 1. The number of amides is 1. The van der Waals surface area contributed by atoms with E-state index in [1.807, 2.05) is 36.5 Å². The maximum absolute atomic E-state index is 13.8. The van der Waals surface area contributed by atoms with Crippen molar-refractivity contribution in [2.45, 2.75) is 24.7 Å². The van der Waals surface area contributed by atoms with Gasteiger partial charge in [-0.05, 0) is 61.2 Å². The lowest BCUT2D eigenvalue weighted by atomic mass is 9.73. The molecule has 34 heavy (non-hydrogen) atoms. The molecule has 1 fully saturated rings. The first-order chi connectivity index (χ1) is 16.6. The zero-order chi connectivity index (χ0) is 23.5. The van der Waals surface area contributed by atoms with Gasteiger partial charge in [0.05, 0.1) is 11.9 Å². The van der Waals surface area contributed by atoms with Crippen LogP contribution in [0.5, 0.6) is 0 Å². The van der Waals surface area contributed by atoms with Crippen LogP contribution in [0.1, 0.15) is 24.2 Å². The van der Waals surface area contributed by atoms with Gasteiger partial charge in [-0.25, -0.2) is 14.2 Å². The van der Waals surface area contributed by atoms with Crippen molar-refractivity contribution >= 4 is 6.09 Å². The molecular formula is C27H25FN4O2. The van der Waals surface area contributed by atoms with E-state index in [1.165, 1.54) is 22.6 Å². The highest BCUT2D eigenvalue weighted by Crippen LogP contribution is 2.41. The molecule has 3 heterocycles. The fraction of sp³-hybridized carbons (Fsp3) is 0.222.